The predicted octanol–water partition coefficient (Wildman–Crippen LogP) is 4.82. The van der Waals surface area contributed by atoms with Crippen LogP contribution in [-0.2, 0) is 11.2 Å². The van der Waals surface area contributed by atoms with Gasteiger partial charge in [0.15, 0.2) is 0 Å². The number of carbonyl (C=O) groups excluding carboxylic acids is 1. The van der Waals surface area contributed by atoms with Crippen LogP contribution in [0, 0.1) is 12.7 Å². The molecule has 2 aromatic carbocycles. The smallest absolute Gasteiger partial charge is 0.337 e. The summed E-state index contributed by atoms with van der Waals surface area (Å²) in [6.07, 6.45) is 2.58. The van der Waals surface area contributed by atoms with Gasteiger partial charge in [0, 0.05) is 0 Å². The first-order valence-corrected chi connectivity index (χ1v) is 10.7. The van der Waals surface area contributed by atoms with Gasteiger partial charge in [0.25, 0.3) is 0 Å². The van der Waals surface area contributed by atoms with Crippen molar-refractivity contribution in [3.63, 3.8) is 0 Å². The SMILES string of the molecule is CC(C)(O)C(C)(C)O.[B]C1=C(c2ccc(F)cc2C)CCCc2cc(C(=O)OC)ccc21. The number of halogens is 1. The molecule has 3 rings (SSSR count). The Bertz CT molecular complexity index is 1000. The molecule has 1 aliphatic carbocycles. The minimum atomic E-state index is -1.01. The van der Waals surface area contributed by atoms with E-state index in [1.54, 1.807) is 39.8 Å². The maximum absolute atomic E-state index is 13.4. The molecule has 0 bridgehead atoms. The van der Waals surface area contributed by atoms with E-state index in [0.717, 1.165) is 47.1 Å². The summed E-state index contributed by atoms with van der Waals surface area (Å²) in [5.41, 5.74) is 4.11. The van der Waals surface area contributed by atoms with Gasteiger partial charge in [0.05, 0.1) is 23.9 Å². The van der Waals surface area contributed by atoms with Crippen LogP contribution in [0.3, 0.4) is 0 Å². The second-order valence-corrected chi connectivity index (χ2v) is 9.19. The van der Waals surface area contributed by atoms with Crippen LogP contribution in [-0.4, -0.2) is 42.3 Å². The Morgan fingerprint density at radius 1 is 1.00 bits per heavy atom. The summed E-state index contributed by atoms with van der Waals surface area (Å²) >= 11 is 0. The normalized spacial score (nSPS) is 14.2. The largest absolute Gasteiger partial charge is 0.465 e. The van der Waals surface area contributed by atoms with Gasteiger partial charge in [-0.05, 0) is 106 Å². The number of allylic oxidation sites excluding steroid dienone is 1. The highest BCUT2D eigenvalue weighted by atomic mass is 19.1. The number of hydrogen-bond acceptors (Lipinski definition) is 4. The monoisotopic (exact) mass is 438 g/mol. The summed E-state index contributed by atoms with van der Waals surface area (Å²) in [5, 5.41) is 18.2. The molecule has 6 heteroatoms. The Balaban J connectivity index is 0.000000390. The second kappa shape index (κ2) is 10.0. The van der Waals surface area contributed by atoms with Crippen molar-refractivity contribution in [2.75, 3.05) is 7.11 Å². The molecule has 0 spiro atoms. The zero-order valence-corrected chi connectivity index (χ0v) is 19.8. The van der Waals surface area contributed by atoms with Crippen LogP contribution in [0.1, 0.15) is 73.1 Å². The molecule has 2 radical (unpaired) electrons. The van der Waals surface area contributed by atoms with E-state index in [4.69, 9.17) is 22.8 Å². The first-order valence-electron chi connectivity index (χ1n) is 10.7. The zero-order chi connectivity index (χ0) is 24.3. The van der Waals surface area contributed by atoms with E-state index in [0.29, 0.717) is 11.0 Å². The van der Waals surface area contributed by atoms with E-state index in [2.05, 4.69) is 0 Å². The van der Waals surface area contributed by atoms with Gasteiger partial charge in [0.1, 0.15) is 13.7 Å². The third kappa shape index (κ3) is 6.08. The van der Waals surface area contributed by atoms with Gasteiger partial charge in [-0.2, -0.15) is 0 Å². The highest BCUT2D eigenvalue weighted by Gasteiger charge is 2.32. The van der Waals surface area contributed by atoms with E-state index in [9.17, 15) is 9.18 Å². The molecule has 0 saturated heterocycles. The lowest BCUT2D eigenvalue weighted by molar-refractivity contribution is -0.107. The standard InChI is InChI=1S/C20H18BFO2.C6H14O2/c1-12-10-15(22)7-9-16(12)18-5-3-4-13-11-14(20(23)24-2)6-8-17(13)19(18)21;1-5(2,7)6(3,4)8/h6-11H,3-5H2,1-2H3;7-8H,1-4H3. The number of rotatable bonds is 3. The van der Waals surface area contributed by atoms with Crippen LogP contribution in [0.5, 0.6) is 0 Å². The van der Waals surface area contributed by atoms with Crippen LogP contribution >= 0.6 is 0 Å². The molecular weight excluding hydrogens is 406 g/mol. The Labute approximate surface area is 191 Å². The number of benzene rings is 2. The number of methoxy groups -OCH3 is 1. The fourth-order valence-electron chi connectivity index (χ4n) is 3.31. The summed E-state index contributed by atoms with van der Waals surface area (Å²) in [7, 11) is 7.83. The number of hydrogen-bond donors (Lipinski definition) is 2. The lowest BCUT2D eigenvalue weighted by Gasteiger charge is -2.31. The molecule has 0 atom stereocenters. The first kappa shape index (κ1) is 25.8. The van der Waals surface area contributed by atoms with Crippen LogP contribution in [0.4, 0.5) is 4.39 Å². The van der Waals surface area contributed by atoms with E-state index in [-0.39, 0.29) is 11.8 Å². The lowest BCUT2D eigenvalue weighted by atomic mass is 9.79. The third-order valence-electron chi connectivity index (χ3n) is 6.03. The summed E-state index contributed by atoms with van der Waals surface area (Å²) in [4.78, 5) is 11.7. The van der Waals surface area contributed by atoms with Crippen molar-refractivity contribution in [3.8, 4) is 0 Å². The summed E-state index contributed by atoms with van der Waals surface area (Å²) in [6, 6.07) is 10.3. The van der Waals surface area contributed by atoms with Crippen LogP contribution in [0.2, 0.25) is 0 Å². The molecule has 0 amide bonds. The van der Waals surface area contributed by atoms with Crippen molar-refractivity contribution >= 4 is 24.9 Å². The quantitative estimate of drug-likeness (QED) is 0.533. The lowest BCUT2D eigenvalue weighted by Crippen LogP contribution is -2.44. The number of esters is 1. The topological polar surface area (TPSA) is 66.8 Å². The first-order chi connectivity index (χ1) is 14.8. The van der Waals surface area contributed by atoms with E-state index in [1.807, 2.05) is 19.1 Å². The predicted molar refractivity (Wildman–Crippen MR) is 127 cm³/mol. The molecule has 1 aliphatic rings. The minimum Gasteiger partial charge on any atom is -0.465 e. The molecule has 4 nitrogen and oxygen atoms in total. The van der Waals surface area contributed by atoms with Gasteiger partial charge >= 0.3 is 5.97 Å². The number of aryl methyl sites for hydroxylation is 2. The highest BCUT2D eigenvalue weighted by Crippen LogP contribution is 2.36. The minimum absolute atomic E-state index is 0.243. The molecule has 0 unspecified atom stereocenters. The highest BCUT2D eigenvalue weighted by molar-refractivity contribution is 6.47. The van der Waals surface area contributed by atoms with Crippen LogP contribution < -0.4 is 0 Å². The maximum Gasteiger partial charge on any atom is 0.337 e. The second-order valence-electron chi connectivity index (χ2n) is 9.19. The van der Waals surface area contributed by atoms with Gasteiger partial charge in [0.2, 0.25) is 0 Å². The van der Waals surface area contributed by atoms with E-state index >= 15 is 0 Å². The average molecular weight is 438 g/mol. The Morgan fingerprint density at radius 3 is 2.12 bits per heavy atom. The van der Waals surface area contributed by atoms with Crippen molar-refractivity contribution in [1.82, 2.24) is 0 Å². The summed E-state index contributed by atoms with van der Waals surface area (Å²) in [6.45, 7) is 8.20. The number of ether oxygens (including phenoxy) is 1. The van der Waals surface area contributed by atoms with E-state index in [1.165, 1.54) is 19.2 Å². The van der Waals surface area contributed by atoms with Crippen molar-refractivity contribution < 1.29 is 24.1 Å². The molecular formula is C26H32BFO4. The number of carbonyl (C=O) groups is 1. The fourth-order valence-corrected chi connectivity index (χ4v) is 3.31. The molecule has 32 heavy (non-hydrogen) atoms. The van der Waals surface area contributed by atoms with Crippen molar-refractivity contribution in [1.29, 1.82) is 0 Å². The fraction of sp³-hybridized carbons (Fsp3) is 0.423. The van der Waals surface area contributed by atoms with Gasteiger partial charge in [-0.3, -0.25) is 0 Å². The Hall–Kier alpha value is -2.44. The summed E-state index contributed by atoms with van der Waals surface area (Å²) in [5.74, 6) is -0.591. The molecule has 0 aliphatic heterocycles. The summed E-state index contributed by atoms with van der Waals surface area (Å²) < 4.78 is 18.2. The molecule has 0 aromatic heterocycles. The Morgan fingerprint density at radius 2 is 1.59 bits per heavy atom. The van der Waals surface area contributed by atoms with E-state index < -0.39 is 11.2 Å². The van der Waals surface area contributed by atoms with Crippen molar-refractivity contribution in [3.05, 3.63) is 70.0 Å². The molecule has 0 heterocycles. The van der Waals surface area contributed by atoms with Gasteiger partial charge in [-0.1, -0.05) is 17.6 Å². The number of aliphatic hydroxyl groups is 2. The van der Waals surface area contributed by atoms with Gasteiger partial charge in [-0.15, -0.1) is 0 Å². The van der Waals surface area contributed by atoms with Crippen LogP contribution in [0.25, 0.3) is 11.0 Å². The van der Waals surface area contributed by atoms with Crippen LogP contribution in [0.15, 0.2) is 36.4 Å². The third-order valence-corrected chi connectivity index (χ3v) is 6.03. The molecule has 170 valence electrons. The average Bonchev–Trinajstić information content (AvgIpc) is 2.85. The molecule has 2 aromatic rings. The molecule has 0 saturated carbocycles. The maximum atomic E-state index is 13.4. The number of fused-ring (bicyclic) bond motifs is 1. The van der Waals surface area contributed by atoms with Crippen molar-refractivity contribution in [2.24, 2.45) is 0 Å². The molecule has 0 fully saturated rings. The van der Waals surface area contributed by atoms with Crippen molar-refractivity contribution in [2.45, 2.75) is 65.1 Å². The zero-order valence-electron chi connectivity index (χ0n) is 19.8. The molecule has 2 N–H and O–H groups in total. The van der Waals surface area contributed by atoms with Gasteiger partial charge < -0.3 is 14.9 Å². The Kier molecular flexibility index (Phi) is 8.08. The van der Waals surface area contributed by atoms with Gasteiger partial charge in [-0.25, -0.2) is 9.18 Å².